The minimum Gasteiger partial charge on any atom is -0.494 e. The number of hydrogen-bond donors (Lipinski definition) is 0. The molecule has 1 fully saturated rings. The van der Waals surface area contributed by atoms with Crippen LogP contribution in [0, 0.1) is 0 Å². The minimum absolute atomic E-state index is 0.0640. The van der Waals surface area contributed by atoms with Gasteiger partial charge in [0.1, 0.15) is 12.4 Å². The summed E-state index contributed by atoms with van der Waals surface area (Å²) in [5, 5.41) is 0.367. The predicted octanol–water partition coefficient (Wildman–Crippen LogP) is 4.87. The van der Waals surface area contributed by atoms with Gasteiger partial charge in [-0.25, -0.2) is 9.79 Å². The van der Waals surface area contributed by atoms with Crippen LogP contribution < -0.4 is 4.74 Å². The molecule has 4 rings (SSSR count). The molecule has 2 heterocycles. The molecule has 166 valence electrons. The summed E-state index contributed by atoms with van der Waals surface area (Å²) in [5.74, 6) is 0.221. The van der Waals surface area contributed by atoms with E-state index < -0.39 is 12.0 Å². The topological polar surface area (TPSA) is 68.2 Å². The SMILES string of the molecule is CCCOc1ccc([C@H]2C(C(=O)OCc3ccccc3)=C(C)N=C3S[C@@H](C)C(=O)N32)cc1. The summed E-state index contributed by atoms with van der Waals surface area (Å²) in [4.78, 5) is 32.4. The highest BCUT2D eigenvalue weighted by atomic mass is 32.2. The summed E-state index contributed by atoms with van der Waals surface area (Å²) in [6, 6.07) is 16.5. The van der Waals surface area contributed by atoms with Crippen LogP contribution in [-0.4, -0.2) is 33.8 Å². The molecule has 32 heavy (non-hydrogen) atoms. The summed E-state index contributed by atoms with van der Waals surface area (Å²) in [6.45, 7) is 6.49. The van der Waals surface area contributed by atoms with E-state index in [0.717, 1.165) is 23.3 Å². The Morgan fingerprint density at radius 2 is 1.84 bits per heavy atom. The molecule has 0 saturated carbocycles. The fraction of sp³-hybridized carbons (Fsp3) is 0.320. The highest BCUT2D eigenvalue weighted by Gasteiger charge is 2.46. The molecule has 2 atom stereocenters. The Balaban J connectivity index is 1.66. The number of nitrogens with zero attached hydrogens (tertiary/aromatic N) is 2. The number of carbonyl (C=O) groups is 2. The number of hydrogen-bond acceptors (Lipinski definition) is 6. The normalized spacial score (nSPS) is 20.2. The van der Waals surface area contributed by atoms with Crippen molar-refractivity contribution in [3.8, 4) is 5.75 Å². The molecule has 0 unspecified atom stereocenters. The average Bonchev–Trinajstić information content (AvgIpc) is 3.09. The van der Waals surface area contributed by atoms with Crippen LogP contribution in [0.3, 0.4) is 0 Å². The quantitative estimate of drug-likeness (QED) is 0.563. The van der Waals surface area contributed by atoms with E-state index in [9.17, 15) is 9.59 Å². The van der Waals surface area contributed by atoms with Crippen molar-refractivity contribution in [1.29, 1.82) is 0 Å². The Morgan fingerprint density at radius 3 is 2.53 bits per heavy atom. The Kier molecular flexibility index (Phi) is 6.65. The molecule has 2 aliphatic rings. The molecule has 0 radical (unpaired) electrons. The summed E-state index contributed by atoms with van der Waals surface area (Å²) < 4.78 is 11.3. The summed E-state index contributed by atoms with van der Waals surface area (Å²) in [6.07, 6.45) is 0.918. The molecule has 0 aromatic heterocycles. The van der Waals surface area contributed by atoms with Crippen molar-refractivity contribution in [3.05, 3.63) is 77.0 Å². The lowest BCUT2D eigenvalue weighted by molar-refractivity contribution is -0.141. The largest absolute Gasteiger partial charge is 0.494 e. The first kappa shape index (κ1) is 22.1. The summed E-state index contributed by atoms with van der Waals surface area (Å²) in [7, 11) is 0. The van der Waals surface area contributed by atoms with Gasteiger partial charge in [0.25, 0.3) is 0 Å². The highest BCUT2D eigenvalue weighted by Crippen LogP contribution is 2.43. The van der Waals surface area contributed by atoms with Crippen LogP contribution in [0.15, 0.2) is 70.9 Å². The second kappa shape index (κ2) is 9.61. The van der Waals surface area contributed by atoms with E-state index in [1.165, 1.54) is 11.8 Å². The van der Waals surface area contributed by atoms with Gasteiger partial charge in [0, 0.05) is 0 Å². The van der Waals surface area contributed by atoms with E-state index >= 15 is 0 Å². The lowest BCUT2D eigenvalue weighted by atomic mass is 9.94. The van der Waals surface area contributed by atoms with Gasteiger partial charge in [-0.15, -0.1) is 0 Å². The predicted molar refractivity (Wildman–Crippen MR) is 125 cm³/mol. The Hall–Kier alpha value is -3.06. The zero-order valence-electron chi connectivity index (χ0n) is 18.4. The van der Waals surface area contributed by atoms with Gasteiger partial charge in [0.05, 0.1) is 29.2 Å². The number of amides is 1. The molecule has 2 aromatic rings. The molecule has 0 N–H and O–H groups in total. The fourth-order valence-electron chi connectivity index (χ4n) is 3.75. The monoisotopic (exact) mass is 450 g/mol. The number of aliphatic imine (C=N–C) groups is 1. The lowest BCUT2D eigenvalue weighted by Gasteiger charge is -2.33. The number of thioether (sulfide) groups is 1. The zero-order valence-corrected chi connectivity index (χ0v) is 19.2. The van der Waals surface area contributed by atoms with Crippen molar-refractivity contribution in [2.24, 2.45) is 4.99 Å². The first-order valence-corrected chi connectivity index (χ1v) is 11.6. The second-order valence-corrected chi connectivity index (χ2v) is 9.05. The Morgan fingerprint density at radius 1 is 1.12 bits per heavy atom. The summed E-state index contributed by atoms with van der Waals surface area (Å²) in [5.41, 5.74) is 2.67. The van der Waals surface area contributed by atoms with Crippen molar-refractivity contribution in [2.75, 3.05) is 6.61 Å². The van der Waals surface area contributed by atoms with E-state index in [1.54, 1.807) is 11.8 Å². The van der Waals surface area contributed by atoms with Gasteiger partial charge in [-0.05, 0) is 43.5 Å². The third kappa shape index (κ3) is 4.43. The lowest BCUT2D eigenvalue weighted by Crippen LogP contribution is -2.40. The van der Waals surface area contributed by atoms with E-state index in [1.807, 2.05) is 61.5 Å². The molecule has 0 spiro atoms. The third-order valence-electron chi connectivity index (χ3n) is 5.36. The van der Waals surface area contributed by atoms with E-state index in [0.29, 0.717) is 23.0 Å². The van der Waals surface area contributed by atoms with E-state index in [-0.39, 0.29) is 17.8 Å². The van der Waals surface area contributed by atoms with Crippen molar-refractivity contribution in [1.82, 2.24) is 4.90 Å². The molecule has 7 heteroatoms. The number of rotatable bonds is 7. The van der Waals surface area contributed by atoms with Crippen LogP contribution in [0.1, 0.15) is 44.4 Å². The highest BCUT2D eigenvalue weighted by molar-refractivity contribution is 8.15. The first-order valence-electron chi connectivity index (χ1n) is 10.7. The van der Waals surface area contributed by atoms with Gasteiger partial charge in [-0.3, -0.25) is 9.69 Å². The molecule has 2 aromatic carbocycles. The van der Waals surface area contributed by atoms with Gasteiger partial charge >= 0.3 is 5.97 Å². The van der Waals surface area contributed by atoms with Crippen LogP contribution >= 0.6 is 11.8 Å². The number of ether oxygens (including phenoxy) is 2. The van der Waals surface area contributed by atoms with Crippen LogP contribution in [0.5, 0.6) is 5.75 Å². The Labute approximate surface area is 192 Å². The van der Waals surface area contributed by atoms with E-state index in [4.69, 9.17) is 9.47 Å². The maximum atomic E-state index is 13.2. The van der Waals surface area contributed by atoms with Gasteiger partial charge in [0.15, 0.2) is 5.17 Å². The number of allylic oxidation sites excluding steroid dienone is 1. The molecule has 2 aliphatic heterocycles. The fourth-order valence-corrected chi connectivity index (χ4v) is 4.78. The third-order valence-corrected chi connectivity index (χ3v) is 6.41. The smallest absolute Gasteiger partial charge is 0.338 e. The molecule has 1 saturated heterocycles. The summed E-state index contributed by atoms with van der Waals surface area (Å²) >= 11 is 1.41. The molecule has 0 aliphatic carbocycles. The maximum absolute atomic E-state index is 13.2. The van der Waals surface area contributed by atoms with Crippen molar-refractivity contribution in [3.63, 3.8) is 0 Å². The number of amidine groups is 1. The minimum atomic E-state index is -0.587. The van der Waals surface area contributed by atoms with Crippen LogP contribution in [0.4, 0.5) is 0 Å². The van der Waals surface area contributed by atoms with Crippen LogP contribution in [0.25, 0.3) is 0 Å². The van der Waals surface area contributed by atoms with Crippen molar-refractivity contribution >= 4 is 28.8 Å². The zero-order chi connectivity index (χ0) is 22.7. The molecule has 0 bridgehead atoms. The van der Waals surface area contributed by atoms with E-state index in [2.05, 4.69) is 11.9 Å². The van der Waals surface area contributed by atoms with Crippen molar-refractivity contribution in [2.45, 2.75) is 45.1 Å². The second-order valence-electron chi connectivity index (χ2n) is 7.74. The standard InChI is InChI=1S/C25H26N2O4S/c1-4-14-30-20-12-10-19(11-13-20)22-21(24(29)31-15-18-8-6-5-7-9-18)16(2)26-25-27(22)23(28)17(3)32-25/h5-13,17,22H,4,14-15H2,1-3H3/t17-,22-/m0/s1. The number of benzene rings is 2. The molecule has 1 amide bonds. The van der Waals surface area contributed by atoms with Gasteiger partial charge in [0.2, 0.25) is 5.91 Å². The van der Waals surface area contributed by atoms with Gasteiger partial charge in [-0.1, -0.05) is 61.2 Å². The average molecular weight is 451 g/mol. The number of esters is 1. The first-order chi connectivity index (χ1) is 15.5. The molecular formula is C25H26N2O4S. The van der Waals surface area contributed by atoms with Crippen molar-refractivity contribution < 1.29 is 19.1 Å². The van der Waals surface area contributed by atoms with Crippen LogP contribution in [0.2, 0.25) is 0 Å². The maximum Gasteiger partial charge on any atom is 0.338 e. The Bertz CT molecular complexity index is 1060. The molecule has 6 nitrogen and oxygen atoms in total. The van der Waals surface area contributed by atoms with Gasteiger partial charge < -0.3 is 9.47 Å². The number of carbonyl (C=O) groups excluding carboxylic acids is 2. The van der Waals surface area contributed by atoms with Gasteiger partial charge in [-0.2, -0.15) is 0 Å². The number of fused-ring (bicyclic) bond motifs is 1. The molecular weight excluding hydrogens is 424 g/mol. The van der Waals surface area contributed by atoms with Crippen LogP contribution in [-0.2, 0) is 20.9 Å².